The van der Waals surface area contributed by atoms with Gasteiger partial charge in [-0.2, -0.15) is 0 Å². The largest absolute Gasteiger partial charge is 0.309 e. The van der Waals surface area contributed by atoms with Crippen LogP contribution in [-0.4, -0.2) is 4.57 Å². The third kappa shape index (κ3) is 3.78. The molecule has 0 aliphatic heterocycles. The van der Waals surface area contributed by atoms with Crippen molar-refractivity contribution in [1.82, 2.24) is 4.57 Å². The van der Waals surface area contributed by atoms with Crippen LogP contribution >= 0.6 is 22.7 Å². The molecule has 10 rings (SSSR count). The van der Waals surface area contributed by atoms with Gasteiger partial charge in [-0.1, -0.05) is 97.1 Å². The Morgan fingerprint density at radius 1 is 0.356 bits per heavy atom. The van der Waals surface area contributed by atoms with Gasteiger partial charge in [0, 0.05) is 62.4 Å². The van der Waals surface area contributed by atoms with E-state index in [1.54, 1.807) is 0 Å². The van der Waals surface area contributed by atoms with Crippen LogP contribution in [0.25, 0.3) is 90.1 Å². The van der Waals surface area contributed by atoms with Gasteiger partial charge < -0.3 is 4.57 Å². The highest BCUT2D eigenvalue weighted by Gasteiger charge is 2.19. The topological polar surface area (TPSA) is 4.93 Å². The van der Waals surface area contributed by atoms with Crippen molar-refractivity contribution in [1.29, 1.82) is 0 Å². The number of rotatable bonds is 3. The summed E-state index contributed by atoms with van der Waals surface area (Å²) in [5.74, 6) is 0. The van der Waals surface area contributed by atoms with Crippen LogP contribution in [0.15, 0.2) is 152 Å². The van der Waals surface area contributed by atoms with Crippen LogP contribution in [0.3, 0.4) is 0 Å². The molecule has 0 saturated carbocycles. The minimum absolute atomic E-state index is 1.17. The van der Waals surface area contributed by atoms with Crippen molar-refractivity contribution in [2.45, 2.75) is 0 Å². The normalized spacial score (nSPS) is 12.0. The zero-order valence-electron chi connectivity index (χ0n) is 24.2. The molecule has 3 heterocycles. The van der Waals surface area contributed by atoms with E-state index in [-0.39, 0.29) is 0 Å². The first-order chi connectivity index (χ1) is 22.3. The lowest BCUT2D eigenvalue weighted by Crippen LogP contribution is -1.95. The van der Waals surface area contributed by atoms with Crippen LogP contribution in [-0.2, 0) is 0 Å². The highest BCUT2D eigenvalue weighted by molar-refractivity contribution is 7.26. The van der Waals surface area contributed by atoms with Gasteiger partial charge in [0.2, 0.25) is 0 Å². The van der Waals surface area contributed by atoms with E-state index in [1.807, 2.05) is 22.7 Å². The summed E-state index contributed by atoms with van der Waals surface area (Å²) in [7, 11) is 0. The molecular weight excluding hydrogens is 583 g/mol. The molecule has 0 amide bonds. The minimum Gasteiger partial charge on any atom is -0.309 e. The Kier molecular flexibility index (Phi) is 5.39. The number of thiophene rings is 2. The molecule has 0 atom stereocenters. The Hall–Kier alpha value is -5.22. The number of benzene rings is 7. The number of hydrogen-bond donors (Lipinski definition) is 0. The van der Waals surface area contributed by atoms with Gasteiger partial charge in [0.05, 0.1) is 11.0 Å². The number of aromatic nitrogens is 1. The SMILES string of the molecule is c1ccc(-n2c3ccccc3c3cc(-c4ccc5c(c4)sc4ccccc45)cc(-c4ccc5c(c4)sc4ccccc45)c32)cc1. The van der Waals surface area contributed by atoms with Crippen LogP contribution in [0.5, 0.6) is 0 Å². The van der Waals surface area contributed by atoms with Gasteiger partial charge in [-0.05, 0) is 71.3 Å². The highest BCUT2D eigenvalue weighted by Crippen LogP contribution is 2.44. The molecule has 0 fully saturated rings. The molecule has 45 heavy (non-hydrogen) atoms. The lowest BCUT2D eigenvalue weighted by Gasteiger charge is -2.14. The fourth-order valence-corrected chi connectivity index (χ4v) is 9.42. The fourth-order valence-electron chi connectivity index (χ4n) is 7.13. The number of nitrogens with zero attached hydrogens (tertiary/aromatic N) is 1. The van der Waals surface area contributed by atoms with E-state index in [0.29, 0.717) is 0 Å². The molecule has 3 aromatic heterocycles. The van der Waals surface area contributed by atoms with Gasteiger partial charge in [-0.25, -0.2) is 0 Å². The molecule has 210 valence electrons. The van der Waals surface area contributed by atoms with Crippen molar-refractivity contribution in [2.24, 2.45) is 0 Å². The predicted molar refractivity (Wildman–Crippen MR) is 197 cm³/mol. The maximum absolute atomic E-state index is 2.45. The molecule has 1 nitrogen and oxygen atoms in total. The van der Waals surface area contributed by atoms with E-state index in [9.17, 15) is 0 Å². The van der Waals surface area contributed by atoms with E-state index < -0.39 is 0 Å². The molecule has 0 radical (unpaired) electrons. The molecule has 0 spiro atoms. The monoisotopic (exact) mass is 607 g/mol. The summed E-state index contributed by atoms with van der Waals surface area (Å²) in [6.07, 6.45) is 0. The van der Waals surface area contributed by atoms with Gasteiger partial charge >= 0.3 is 0 Å². The quantitative estimate of drug-likeness (QED) is 0.188. The van der Waals surface area contributed by atoms with Crippen LogP contribution < -0.4 is 0 Å². The minimum atomic E-state index is 1.17. The predicted octanol–water partition coefficient (Wildman–Crippen LogP) is 12.9. The van der Waals surface area contributed by atoms with E-state index in [1.165, 1.54) is 90.1 Å². The molecule has 0 N–H and O–H groups in total. The van der Waals surface area contributed by atoms with Crippen molar-refractivity contribution in [3.8, 4) is 27.9 Å². The third-order valence-electron chi connectivity index (χ3n) is 9.18. The van der Waals surface area contributed by atoms with Gasteiger partial charge in [0.15, 0.2) is 0 Å². The zero-order chi connectivity index (χ0) is 29.5. The number of fused-ring (bicyclic) bond motifs is 9. The van der Waals surface area contributed by atoms with Gasteiger partial charge in [-0.3, -0.25) is 0 Å². The molecule has 0 aliphatic rings. The second-order valence-electron chi connectivity index (χ2n) is 11.7. The summed E-state index contributed by atoms with van der Waals surface area (Å²) in [6.45, 7) is 0. The van der Waals surface area contributed by atoms with Gasteiger partial charge in [-0.15, -0.1) is 22.7 Å². The molecule has 0 bridgehead atoms. The maximum Gasteiger partial charge on any atom is 0.0619 e. The summed E-state index contributed by atoms with van der Waals surface area (Å²) in [5, 5.41) is 7.86. The maximum atomic E-state index is 2.45. The Labute approximate surface area is 267 Å². The summed E-state index contributed by atoms with van der Waals surface area (Å²) in [6, 6.07) is 56.0. The highest BCUT2D eigenvalue weighted by atomic mass is 32.1. The molecule has 10 aromatic rings. The Morgan fingerprint density at radius 3 is 1.62 bits per heavy atom. The van der Waals surface area contributed by atoms with Crippen molar-refractivity contribution >= 4 is 84.8 Å². The summed E-state index contributed by atoms with van der Waals surface area (Å²) < 4.78 is 7.77. The van der Waals surface area contributed by atoms with Crippen LogP contribution in [0.4, 0.5) is 0 Å². The Morgan fingerprint density at radius 2 is 0.911 bits per heavy atom. The second-order valence-corrected chi connectivity index (χ2v) is 13.9. The first-order valence-electron chi connectivity index (χ1n) is 15.3. The van der Waals surface area contributed by atoms with Gasteiger partial charge in [0.1, 0.15) is 0 Å². The first kappa shape index (κ1) is 25.1. The average Bonchev–Trinajstić information content (AvgIpc) is 3.77. The molecule has 3 heteroatoms. The third-order valence-corrected chi connectivity index (χ3v) is 11.5. The smallest absolute Gasteiger partial charge is 0.0619 e. The Balaban J connectivity index is 1.30. The lowest BCUT2D eigenvalue weighted by molar-refractivity contribution is 1.18. The van der Waals surface area contributed by atoms with E-state index in [4.69, 9.17) is 0 Å². The molecule has 7 aromatic carbocycles. The van der Waals surface area contributed by atoms with Crippen LogP contribution in [0, 0.1) is 0 Å². The summed E-state index contributed by atoms with van der Waals surface area (Å²) in [4.78, 5) is 0. The lowest BCUT2D eigenvalue weighted by atomic mass is 9.94. The van der Waals surface area contributed by atoms with Crippen molar-refractivity contribution in [3.63, 3.8) is 0 Å². The Bertz CT molecular complexity index is 2760. The number of hydrogen-bond acceptors (Lipinski definition) is 2. The molecule has 0 saturated heterocycles. The number of para-hydroxylation sites is 2. The van der Waals surface area contributed by atoms with Crippen LogP contribution in [0.2, 0.25) is 0 Å². The zero-order valence-corrected chi connectivity index (χ0v) is 25.8. The van der Waals surface area contributed by atoms with Crippen molar-refractivity contribution in [2.75, 3.05) is 0 Å². The molecule has 0 aliphatic carbocycles. The van der Waals surface area contributed by atoms with Gasteiger partial charge in [0.25, 0.3) is 0 Å². The summed E-state index contributed by atoms with van der Waals surface area (Å²) >= 11 is 3.76. The average molecular weight is 608 g/mol. The molecule has 0 unspecified atom stereocenters. The second kappa shape index (κ2) is 9.64. The first-order valence-corrected chi connectivity index (χ1v) is 16.9. The van der Waals surface area contributed by atoms with Crippen molar-refractivity contribution in [3.05, 3.63) is 152 Å². The van der Waals surface area contributed by atoms with Crippen LogP contribution in [0.1, 0.15) is 0 Å². The fraction of sp³-hybridized carbons (Fsp3) is 0. The standard InChI is InChI=1S/C42H25NS2/c1-2-10-29(11-3-1)43-37-15-7-4-12-30(37)36-23-28(26-18-20-33-31-13-5-8-16-38(31)44-40(33)24-26)22-35(42(36)43)27-19-21-34-32-14-6-9-17-39(32)45-41(34)25-27/h1-25H. The summed E-state index contributed by atoms with van der Waals surface area (Å²) in [5.41, 5.74) is 8.62. The van der Waals surface area contributed by atoms with E-state index in [0.717, 1.165) is 0 Å². The van der Waals surface area contributed by atoms with E-state index in [2.05, 4.69) is 156 Å². The van der Waals surface area contributed by atoms with E-state index >= 15 is 0 Å². The molecular formula is C42H25NS2. The van der Waals surface area contributed by atoms with Crippen molar-refractivity contribution < 1.29 is 0 Å².